The lowest BCUT2D eigenvalue weighted by Gasteiger charge is -2.18. The molecule has 0 unspecified atom stereocenters. The number of hydrogen-bond acceptors (Lipinski definition) is 4. The summed E-state index contributed by atoms with van der Waals surface area (Å²) in [6, 6.07) is 0. The van der Waals surface area contributed by atoms with E-state index in [1.807, 2.05) is 0 Å². The highest BCUT2D eigenvalue weighted by Gasteiger charge is 2.44. The number of aliphatic hydroxyl groups excluding tert-OH is 1. The van der Waals surface area contributed by atoms with Gasteiger partial charge in [-0.2, -0.15) is 0 Å². The number of aliphatic hydroxyl groups is 1. The van der Waals surface area contributed by atoms with Gasteiger partial charge in [0, 0.05) is 7.11 Å². The molecule has 0 bridgehead atoms. The van der Waals surface area contributed by atoms with Crippen molar-refractivity contribution in [2.75, 3.05) is 13.7 Å². The number of rotatable bonds is 12. The number of terminal acetylenes is 1. The first-order chi connectivity index (χ1) is 10.7. The topological polar surface area (TPSA) is 47.9 Å². The van der Waals surface area contributed by atoms with Gasteiger partial charge in [0.15, 0.2) is 6.29 Å². The molecule has 0 amide bonds. The van der Waals surface area contributed by atoms with Gasteiger partial charge in [-0.25, -0.2) is 0 Å². The Morgan fingerprint density at radius 1 is 1.09 bits per heavy atom. The molecule has 4 nitrogen and oxygen atoms in total. The molecule has 1 rings (SSSR count). The quantitative estimate of drug-likeness (QED) is 0.444. The fraction of sp³-hybridized carbons (Fsp3) is 0.889. The van der Waals surface area contributed by atoms with E-state index in [0.717, 1.165) is 12.8 Å². The Morgan fingerprint density at radius 2 is 1.73 bits per heavy atom. The van der Waals surface area contributed by atoms with Crippen LogP contribution in [0.4, 0.5) is 0 Å². The van der Waals surface area contributed by atoms with Gasteiger partial charge in [0.2, 0.25) is 0 Å². The maximum Gasteiger partial charge on any atom is 0.186 e. The highest BCUT2D eigenvalue weighted by Crippen LogP contribution is 2.28. The third-order valence-electron chi connectivity index (χ3n) is 4.23. The Bertz CT molecular complexity index is 313. The Balaban J connectivity index is 2.16. The molecule has 1 heterocycles. The normalized spacial score (nSPS) is 27.9. The molecule has 1 aliphatic rings. The van der Waals surface area contributed by atoms with Crippen LogP contribution in [-0.4, -0.2) is 43.4 Å². The third-order valence-corrected chi connectivity index (χ3v) is 4.23. The fourth-order valence-corrected chi connectivity index (χ4v) is 2.93. The van der Waals surface area contributed by atoms with Crippen LogP contribution < -0.4 is 0 Å². The molecule has 1 saturated heterocycles. The summed E-state index contributed by atoms with van der Waals surface area (Å²) in [5, 5.41) is 10.3. The molecule has 0 radical (unpaired) electrons. The highest BCUT2D eigenvalue weighted by molar-refractivity contribution is 4.90. The number of hydrogen-bond donors (Lipinski definition) is 1. The minimum Gasteiger partial charge on any atom is -0.387 e. The maximum atomic E-state index is 10.3. The lowest BCUT2D eigenvalue weighted by atomic mass is 10.0. The third kappa shape index (κ3) is 6.66. The minimum absolute atomic E-state index is 0.162. The number of methoxy groups -OCH3 is 1. The summed E-state index contributed by atoms with van der Waals surface area (Å²) in [6.07, 6.45) is 14.3. The molecule has 4 atom stereocenters. The van der Waals surface area contributed by atoms with E-state index in [1.165, 1.54) is 44.9 Å². The van der Waals surface area contributed by atoms with Crippen LogP contribution in [0, 0.1) is 12.3 Å². The monoisotopic (exact) mass is 312 g/mol. The Hall–Kier alpha value is -0.600. The molecule has 0 spiro atoms. The van der Waals surface area contributed by atoms with E-state index < -0.39 is 18.5 Å². The predicted octanol–water partition coefficient (Wildman–Crippen LogP) is 3.27. The molecular formula is C18H32O4. The summed E-state index contributed by atoms with van der Waals surface area (Å²) in [5.74, 6) is 2.41. The van der Waals surface area contributed by atoms with Crippen molar-refractivity contribution < 1.29 is 19.3 Å². The molecule has 0 aromatic heterocycles. The predicted molar refractivity (Wildman–Crippen MR) is 87.5 cm³/mol. The molecule has 22 heavy (non-hydrogen) atoms. The Labute approximate surface area is 135 Å². The molecule has 1 fully saturated rings. The molecule has 0 aromatic carbocycles. The maximum absolute atomic E-state index is 10.3. The lowest BCUT2D eigenvalue weighted by molar-refractivity contribution is -0.159. The first-order valence-electron chi connectivity index (χ1n) is 8.66. The van der Waals surface area contributed by atoms with E-state index in [1.54, 1.807) is 7.11 Å². The SMILES string of the molecule is C#CCO[C@H]1[C@@H](OC)O[C@H](CCCCCCCCCC)[C@@H]1O. The second-order valence-corrected chi connectivity index (χ2v) is 6.01. The van der Waals surface area contributed by atoms with Gasteiger partial charge in [-0.05, 0) is 6.42 Å². The highest BCUT2D eigenvalue weighted by atomic mass is 16.7. The van der Waals surface area contributed by atoms with E-state index >= 15 is 0 Å². The Kier molecular flexibility index (Phi) is 10.5. The van der Waals surface area contributed by atoms with Gasteiger partial charge in [0.1, 0.15) is 18.8 Å². The molecule has 1 aliphatic heterocycles. The van der Waals surface area contributed by atoms with Crippen LogP contribution in [0.1, 0.15) is 64.7 Å². The van der Waals surface area contributed by atoms with Gasteiger partial charge >= 0.3 is 0 Å². The first-order valence-corrected chi connectivity index (χ1v) is 8.66. The standard InChI is InChI=1S/C18H32O4/c1-4-6-7-8-9-10-11-12-13-15-16(19)17(21-14-5-2)18(20-3)22-15/h2,15-19H,4,6-14H2,1,3H3/t15-,16+,17-,18+/m1/s1. The smallest absolute Gasteiger partial charge is 0.186 e. The van der Waals surface area contributed by atoms with Gasteiger partial charge in [0.25, 0.3) is 0 Å². The van der Waals surface area contributed by atoms with Crippen molar-refractivity contribution in [3.05, 3.63) is 0 Å². The zero-order valence-corrected chi connectivity index (χ0v) is 14.1. The first kappa shape index (κ1) is 19.4. The lowest BCUT2D eigenvalue weighted by Crippen LogP contribution is -2.36. The molecule has 0 aliphatic carbocycles. The van der Waals surface area contributed by atoms with Gasteiger partial charge in [-0.15, -0.1) is 6.42 Å². The van der Waals surface area contributed by atoms with Crippen molar-refractivity contribution in [3.63, 3.8) is 0 Å². The van der Waals surface area contributed by atoms with Crippen molar-refractivity contribution in [1.29, 1.82) is 0 Å². The number of unbranched alkanes of at least 4 members (excludes halogenated alkanes) is 7. The van der Waals surface area contributed by atoms with E-state index in [-0.39, 0.29) is 12.7 Å². The van der Waals surface area contributed by atoms with Gasteiger partial charge in [-0.3, -0.25) is 0 Å². The van der Waals surface area contributed by atoms with Crippen molar-refractivity contribution in [3.8, 4) is 12.3 Å². The largest absolute Gasteiger partial charge is 0.387 e. The van der Waals surface area contributed by atoms with Crippen LogP contribution in [-0.2, 0) is 14.2 Å². The summed E-state index contributed by atoms with van der Waals surface area (Å²) in [7, 11) is 1.56. The van der Waals surface area contributed by atoms with E-state index in [0.29, 0.717) is 0 Å². The van der Waals surface area contributed by atoms with E-state index in [9.17, 15) is 5.11 Å². The van der Waals surface area contributed by atoms with E-state index in [2.05, 4.69) is 12.8 Å². The fourth-order valence-electron chi connectivity index (χ4n) is 2.93. The van der Waals surface area contributed by atoms with Crippen molar-refractivity contribution in [2.24, 2.45) is 0 Å². The molecule has 128 valence electrons. The second-order valence-electron chi connectivity index (χ2n) is 6.01. The van der Waals surface area contributed by atoms with Crippen LogP contribution in [0.2, 0.25) is 0 Å². The summed E-state index contributed by atoms with van der Waals surface area (Å²) in [6.45, 7) is 2.40. The van der Waals surface area contributed by atoms with Gasteiger partial charge < -0.3 is 19.3 Å². The van der Waals surface area contributed by atoms with Crippen LogP contribution in [0.5, 0.6) is 0 Å². The average Bonchev–Trinajstić information content (AvgIpc) is 2.83. The minimum atomic E-state index is -0.664. The average molecular weight is 312 g/mol. The van der Waals surface area contributed by atoms with Crippen molar-refractivity contribution >= 4 is 0 Å². The van der Waals surface area contributed by atoms with Gasteiger partial charge in [0.05, 0.1) is 6.10 Å². The van der Waals surface area contributed by atoms with Crippen LogP contribution in [0.15, 0.2) is 0 Å². The second kappa shape index (κ2) is 11.9. The Morgan fingerprint density at radius 3 is 2.32 bits per heavy atom. The van der Waals surface area contributed by atoms with Crippen LogP contribution in [0.25, 0.3) is 0 Å². The summed E-state index contributed by atoms with van der Waals surface area (Å²) in [4.78, 5) is 0. The summed E-state index contributed by atoms with van der Waals surface area (Å²) >= 11 is 0. The van der Waals surface area contributed by atoms with Crippen LogP contribution >= 0.6 is 0 Å². The van der Waals surface area contributed by atoms with Crippen LogP contribution in [0.3, 0.4) is 0 Å². The zero-order chi connectivity index (χ0) is 16.2. The summed E-state index contributed by atoms with van der Waals surface area (Å²) < 4.78 is 16.4. The van der Waals surface area contributed by atoms with Crippen molar-refractivity contribution in [1.82, 2.24) is 0 Å². The summed E-state index contributed by atoms with van der Waals surface area (Å²) in [5.41, 5.74) is 0. The molecule has 4 heteroatoms. The van der Waals surface area contributed by atoms with Crippen molar-refractivity contribution in [2.45, 2.75) is 89.3 Å². The van der Waals surface area contributed by atoms with Gasteiger partial charge in [-0.1, -0.05) is 64.2 Å². The number of ether oxygens (including phenoxy) is 3. The molecule has 0 saturated carbocycles. The van der Waals surface area contributed by atoms with E-state index in [4.69, 9.17) is 20.6 Å². The molecule has 0 aromatic rings. The zero-order valence-electron chi connectivity index (χ0n) is 14.1. The molecular weight excluding hydrogens is 280 g/mol. The molecule has 1 N–H and O–H groups in total.